The van der Waals surface area contributed by atoms with Crippen LogP contribution in [0.25, 0.3) is 0 Å². The Labute approximate surface area is 280 Å². The maximum absolute atomic E-state index is 12.6. The molecule has 11 heteroatoms. The molecule has 1 fully saturated rings. The molecule has 47 heavy (non-hydrogen) atoms. The average molecular weight is 662 g/mol. The lowest BCUT2D eigenvalue weighted by atomic mass is 9.79. The Balaban J connectivity index is 1.89. The third-order valence-corrected chi connectivity index (χ3v) is 13.7. The summed E-state index contributed by atoms with van der Waals surface area (Å²) >= 11 is 0. The molecule has 0 aromatic heterocycles. The van der Waals surface area contributed by atoms with Gasteiger partial charge in [-0.05, 0) is 59.1 Å². The predicted octanol–water partition coefficient (Wildman–Crippen LogP) is 4.94. The van der Waals surface area contributed by atoms with E-state index < -0.39 is 44.1 Å². The van der Waals surface area contributed by atoms with Crippen molar-refractivity contribution in [3.05, 3.63) is 95.6 Å². The first-order valence-corrected chi connectivity index (χ1v) is 18.9. The fourth-order valence-corrected chi connectivity index (χ4v) is 6.93. The van der Waals surface area contributed by atoms with Crippen LogP contribution in [0.5, 0.6) is 11.5 Å². The molecule has 1 amide bonds. The van der Waals surface area contributed by atoms with Gasteiger partial charge in [-0.3, -0.25) is 9.59 Å². The minimum Gasteiger partial charge on any atom is -0.497 e. The normalized spacial score (nSPS) is 20.1. The number of amides is 1. The van der Waals surface area contributed by atoms with Crippen molar-refractivity contribution < 1.29 is 37.7 Å². The molecular formula is C36H48BNO8Si. The second-order valence-electron chi connectivity index (χ2n) is 13.5. The number of rotatable bonds is 14. The average Bonchev–Trinajstić information content (AvgIpc) is 3.33. The topological polar surface area (TPSA) is 116 Å². The molecule has 9 nitrogen and oxygen atoms in total. The van der Waals surface area contributed by atoms with E-state index in [0.29, 0.717) is 11.5 Å². The van der Waals surface area contributed by atoms with Gasteiger partial charge < -0.3 is 33.8 Å². The smallest absolute Gasteiger partial charge is 0.306 e. The van der Waals surface area contributed by atoms with Crippen molar-refractivity contribution in [2.75, 3.05) is 20.8 Å². The van der Waals surface area contributed by atoms with E-state index in [4.69, 9.17) is 33.8 Å². The summed E-state index contributed by atoms with van der Waals surface area (Å²) in [7, 11) is 2.89. The number of esters is 1. The minimum absolute atomic E-state index is 0.0833. The summed E-state index contributed by atoms with van der Waals surface area (Å²) in [5.41, 5.74) is 6.72. The zero-order valence-electron chi connectivity index (χ0n) is 28.8. The van der Waals surface area contributed by atoms with Gasteiger partial charge in [-0.25, -0.2) is 0 Å². The molecule has 4 atom stereocenters. The number of benzene rings is 3. The van der Waals surface area contributed by atoms with Crippen molar-refractivity contribution in [1.82, 2.24) is 0 Å². The van der Waals surface area contributed by atoms with Gasteiger partial charge in [0.05, 0.1) is 32.7 Å². The van der Waals surface area contributed by atoms with Gasteiger partial charge in [0, 0.05) is 6.42 Å². The van der Waals surface area contributed by atoms with E-state index in [1.54, 1.807) is 14.2 Å². The van der Waals surface area contributed by atoms with E-state index in [1.807, 2.05) is 86.7 Å². The number of ether oxygens (including phenoxy) is 5. The number of carbonyl (C=O) groups is 2. The van der Waals surface area contributed by atoms with Crippen LogP contribution in [0, 0.1) is 0 Å². The van der Waals surface area contributed by atoms with Crippen LogP contribution in [-0.4, -0.2) is 73.2 Å². The molecule has 0 unspecified atom stereocenters. The van der Waals surface area contributed by atoms with E-state index >= 15 is 0 Å². The summed E-state index contributed by atoms with van der Waals surface area (Å²) < 4.78 is 37.8. The number of hydrogen-bond donors (Lipinski definition) is 1. The largest absolute Gasteiger partial charge is 0.497 e. The van der Waals surface area contributed by atoms with Crippen LogP contribution in [0.15, 0.2) is 78.9 Å². The lowest BCUT2D eigenvalue weighted by Gasteiger charge is -2.44. The molecular weight excluding hydrogens is 613 g/mol. The van der Waals surface area contributed by atoms with Crippen LogP contribution >= 0.6 is 0 Å². The van der Waals surface area contributed by atoms with Crippen LogP contribution in [0.4, 0.5) is 0 Å². The summed E-state index contributed by atoms with van der Waals surface area (Å²) in [5, 5.41) is -0.0843. The standard InChI is InChI=1S/C36H48BNO8Si/c1-35(2,3)47(6,7)46-33-32(29(44-34(33)37)23-43-31(40)22-21-30(38)39)45-36(24-11-9-8-10-12-24,25-13-17-27(41-4)18-14-25)26-15-19-28(42-5)20-16-26/h8-20,29,32-34H,21-23,37H2,1-7H3,(H2,38,39)/t29-,32+,33+,34-/m1/s1. The molecule has 252 valence electrons. The summed E-state index contributed by atoms with van der Waals surface area (Å²) in [6.45, 7) is 10.9. The summed E-state index contributed by atoms with van der Waals surface area (Å²) in [4.78, 5) is 23.9. The van der Waals surface area contributed by atoms with Crippen LogP contribution in [0.1, 0.15) is 50.3 Å². The fraction of sp³-hybridized carbons (Fsp3) is 0.444. The quantitative estimate of drug-likeness (QED) is 0.147. The fourth-order valence-electron chi connectivity index (χ4n) is 5.57. The number of nitrogens with two attached hydrogens (primary N) is 1. The SMILES string of the molecule is B[C@@H]1O[C@H](COC(=O)CCC(N)=O)[C@H](OC(c2ccccc2)(c2ccc(OC)cc2)c2ccc(OC)cc2)[C@@H]1O[Si](C)(C)C(C)(C)C. The zero-order chi connectivity index (χ0) is 34.4. The van der Waals surface area contributed by atoms with Gasteiger partial charge in [0.25, 0.3) is 0 Å². The highest BCUT2D eigenvalue weighted by atomic mass is 28.4. The Kier molecular flexibility index (Phi) is 11.6. The molecule has 0 aliphatic carbocycles. The van der Waals surface area contributed by atoms with Crippen LogP contribution in [0.3, 0.4) is 0 Å². The van der Waals surface area contributed by atoms with Gasteiger partial charge in [0.2, 0.25) is 5.91 Å². The molecule has 1 heterocycles. The Morgan fingerprint density at radius 3 is 1.79 bits per heavy atom. The van der Waals surface area contributed by atoms with E-state index in [1.165, 1.54) is 0 Å². The second-order valence-corrected chi connectivity index (χ2v) is 18.2. The van der Waals surface area contributed by atoms with Crippen LogP contribution in [-0.2, 0) is 33.8 Å². The first kappa shape index (κ1) is 36.2. The molecule has 0 radical (unpaired) electrons. The van der Waals surface area contributed by atoms with Gasteiger partial charge in [-0.2, -0.15) is 0 Å². The lowest BCUT2D eigenvalue weighted by Crippen LogP contribution is -2.52. The highest BCUT2D eigenvalue weighted by Gasteiger charge is 2.53. The van der Waals surface area contributed by atoms with Crippen molar-refractivity contribution in [1.29, 1.82) is 0 Å². The monoisotopic (exact) mass is 661 g/mol. The Morgan fingerprint density at radius 1 is 0.809 bits per heavy atom. The highest BCUT2D eigenvalue weighted by Crippen LogP contribution is 2.46. The van der Waals surface area contributed by atoms with Crippen LogP contribution < -0.4 is 15.2 Å². The van der Waals surface area contributed by atoms with Gasteiger partial charge in [-0.1, -0.05) is 75.4 Å². The van der Waals surface area contributed by atoms with Crippen molar-refractivity contribution in [3.63, 3.8) is 0 Å². The highest BCUT2D eigenvalue weighted by molar-refractivity contribution is 6.74. The number of methoxy groups -OCH3 is 2. The second kappa shape index (κ2) is 15.1. The lowest BCUT2D eigenvalue weighted by molar-refractivity contribution is -0.154. The Morgan fingerprint density at radius 2 is 1.32 bits per heavy atom. The van der Waals surface area contributed by atoms with Crippen molar-refractivity contribution in [2.45, 2.75) is 81.7 Å². The third-order valence-electron chi connectivity index (χ3n) is 9.25. The minimum atomic E-state index is -2.34. The molecule has 3 aromatic rings. The van der Waals surface area contributed by atoms with Gasteiger partial charge in [0.15, 0.2) is 8.32 Å². The van der Waals surface area contributed by atoms with Gasteiger partial charge in [-0.15, -0.1) is 0 Å². The van der Waals surface area contributed by atoms with Crippen molar-refractivity contribution in [3.8, 4) is 11.5 Å². The summed E-state index contributed by atoms with van der Waals surface area (Å²) in [6.07, 6.45) is -2.03. The molecule has 1 aliphatic rings. The van der Waals surface area contributed by atoms with E-state index in [0.717, 1.165) is 16.7 Å². The number of carbonyl (C=O) groups excluding carboxylic acids is 2. The first-order valence-electron chi connectivity index (χ1n) is 16.0. The summed E-state index contributed by atoms with van der Waals surface area (Å²) in [6, 6.07) is 25.3. The molecule has 1 aliphatic heterocycles. The van der Waals surface area contributed by atoms with E-state index in [-0.39, 0.29) is 30.5 Å². The Bertz CT molecular complexity index is 1430. The van der Waals surface area contributed by atoms with Crippen molar-refractivity contribution in [2.24, 2.45) is 5.73 Å². The molecule has 3 aromatic carbocycles. The molecule has 1 saturated heterocycles. The third kappa shape index (κ3) is 8.27. The first-order chi connectivity index (χ1) is 22.2. The van der Waals surface area contributed by atoms with E-state index in [9.17, 15) is 9.59 Å². The molecule has 0 saturated carbocycles. The van der Waals surface area contributed by atoms with E-state index in [2.05, 4.69) is 33.9 Å². The van der Waals surface area contributed by atoms with Crippen LogP contribution in [0.2, 0.25) is 18.1 Å². The van der Waals surface area contributed by atoms with Gasteiger partial charge >= 0.3 is 5.97 Å². The maximum atomic E-state index is 12.6. The Hall–Kier alpha value is -3.64. The predicted molar refractivity (Wildman–Crippen MR) is 186 cm³/mol. The molecule has 2 N–H and O–H groups in total. The molecule has 0 bridgehead atoms. The van der Waals surface area contributed by atoms with Gasteiger partial charge in [0.1, 0.15) is 43.8 Å². The number of primary amides is 1. The van der Waals surface area contributed by atoms with Crippen molar-refractivity contribution >= 4 is 28.0 Å². The summed E-state index contributed by atoms with van der Waals surface area (Å²) in [5.74, 6) is 0.321. The number of hydrogen-bond acceptors (Lipinski definition) is 8. The molecule has 4 rings (SSSR count). The zero-order valence-corrected chi connectivity index (χ0v) is 29.8. The maximum Gasteiger partial charge on any atom is 0.306 e. The molecule has 0 spiro atoms.